The molecule has 1 saturated carbocycles. The lowest BCUT2D eigenvalue weighted by Gasteiger charge is -2.58. The van der Waals surface area contributed by atoms with Gasteiger partial charge in [-0.05, 0) is 116 Å². The van der Waals surface area contributed by atoms with Gasteiger partial charge in [-0.3, -0.25) is 0 Å². The number of rotatable bonds is 0. The summed E-state index contributed by atoms with van der Waals surface area (Å²) in [6.07, 6.45) is 10.7. The molecule has 0 saturated heterocycles. The molecule has 0 nitrogen and oxygen atoms in total. The maximum absolute atomic E-state index is 2.73. The van der Waals surface area contributed by atoms with Gasteiger partial charge in [0.25, 0.3) is 0 Å². The van der Waals surface area contributed by atoms with Crippen LogP contribution in [0.5, 0.6) is 0 Å². The molecule has 0 bridgehead atoms. The molecule has 0 aromatic carbocycles. The second-order valence-corrected chi connectivity index (χ2v) is 15.5. The topological polar surface area (TPSA) is 0 Å². The molecule has 8 aliphatic rings. The molecule has 0 amide bonds. The third-order valence-electron chi connectivity index (χ3n) is 14.0. The van der Waals surface area contributed by atoms with Gasteiger partial charge in [-0.25, -0.2) is 0 Å². The predicted octanol–water partition coefficient (Wildman–Crippen LogP) is 9.69. The lowest BCUT2D eigenvalue weighted by Crippen LogP contribution is -2.50. The molecule has 8 aliphatic carbocycles. The Bertz CT molecular complexity index is 1630. The van der Waals surface area contributed by atoms with E-state index in [0.29, 0.717) is 11.8 Å². The molecular formula is C37H42. The average molecular weight is 487 g/mol. The predicted molar refractivity (Wildman–Crippen MR) is 155 cm³/mol. The monoisotopic (exact) mass is 486 g/mol. The van der Waals surface area contributed by atoms with Gasteiger partial charge in [0.1, 0.15) is 0 Å². The number of hydrogen-bond acceptors (Lipinski definition) is 0. The molecule has 0 heteroatoms. The van der Waals surface area contributed by atoms with Crippen molar-refractivity contribution >= 4 is 0 Å². The molecule has 0 aromatic heterocycles. The van der Waals surface area contributed by atoms with Crippen molar-refractivity contribution in [3.63, 3.8) is 0 Å². The van der Waals surface area contributed by atoms with Crippen LogP contribution in [0.15, 0.2) is 102 Å². The Balaban J connectivity index is 1.66. The average Bonchev–Trinajstić information content (AvgIpc) is 3.33. The zero-order valence-electron chi connectivity index (χ0n) is 25.0. The normalized spacial score (nSPS) is 37.7. The van der Waals surface area contributed by atoms with Crippen LogP contribution in [0.1, 0.15) is 83.1 Å². The molecule has 0 heterocycles. The lowest BCUT2D eigenvalue weighted by atomic mass is 9.44. The number of allylic oxidation sites excluding steroid dienone is 18. The van der Waals surface area contributed by atoms with Gasteiger partial charge in [0, 0.05) is 17.3 Å². The molecule has 0 N–H and O–H groups in total. The third kappa shape index (κ3) is 1.83. The molecule has 1 spiro atoms. The van der Waals surface area contributed by atoms with E-state index in [4.69, 9.17) is 0 Å². The van der Waals surface area contributed by atoms with Crippen molar-refractivity contribution in [1.29, 1.82) is 0 Å². The summed E-state index contributed by atoms with van der Waals surface area (Å²) in [5.41, 5.74) is 22.8. The molecule has 8 rings (SSSR count). The highest BCUT2D eigenvalue weighted by atomic mass is 14.8. The second-order valence-electron chi connectivity index (χ2n) is 15.5. The van der Waals surface area contributed by atoms with Crippen molar-refractivity contribution in [1.82, 2.24) is 0 Å². The van der Waals surface area contributed by atoms with Gasteiger partial charge < -0.3 is 0 Å². The fourth-order valence-electron chi connectivity index (χ4n) is 10.2. The lowest BCUT2D eigenvalue weighted by molar-refractivity contribution is 0.219. The van der Waals surface area contributed by atoms with Gasteiger partial charge in [-0.1, -0.05) is 90.8 Å². The Morgan fingerprint density at radius 3 is 1.70 bits per heavy atom. The zero-order chi connectivity index (χ0) is 26.6. The SMILES string of the molecule is CC1=C(C)C2=C3C1=CC1=C(C)C(C)=C4C=C5C6=C(C=C7[C@@H](C(=C2)C(C)(C)C7(C)C)[C@]36C14)C(C)(C)C5(C)C. The smallest absolute Gasteiger partial charge is 0.0432 e. The fourth-order valence-corrected chi connectivity index (χ4v) is 10.2. The van der Waals surface area contributed by atoms with Crippen LogP contribution >= 0.6 is 0 Å². The summed E-state index contributed by atoms with van der Waals surface area (Å²) in [4.78, 5) is 0. The fraction of sp³-hybridized carbons (Fsp3) is 0.514. The van der Waals surface area contributed by atoms with E-state index in [1.807, 2.05) is 0 Å². The van der Waals surface area contributed by atoms with E-state index in [0.717, 1.165) is 0 Å². The van der Waals surface area contributed by atoms with Crippen molar-refractivity contribution in [3.8, 4) is 0 Å². The van der Waals surface area contributed by atoms with Crippen LogP contribution in [0.4, 0.5) is 0 Å². The van der Waals surface area contributed by atoms with Gasteiger partial charge >= 0.3 is 0 Å². The van der Waals surface area contributed by atoms with Gasteiger partial charge in [0.15, 0.2) is 0 Å². The first-order valence-electron chi connectivity index (χ1n) is 14.5. The molecule has 0 radical (unpaired) electrons. The highest BCUT2D eigenvalue weighted by molar-refractivity contribution is 5.85. The van der Waals surface area contributed by atoms with Crippen LogP contribution in [0.2, 0.25) is 0 Å². The highest BCUT2D eigenvalue weighted by Gasteiger charge is 2.73. The first kappa shape index (κ1) is 22.6. The minimum absolute atomic E-state index is 0.0220. The largest absolute Gasteiger partial charge is 0.0577 e. The number of hydrogen-bond donors (Lipinski definition) is 0. The summed E-state index contributed by atoms with van der Waals surface area (Å²) in [7, 11) is 0. The van der Waals surface area contributed by atoms with E-state index >= 15 is 0 Å². The zero-order valence-corrected chi connectivity index (χ0v) is 25.0. The second kappa shape index (κ2) is 5.66. The van der Waals surface area contributed by atoms with Gasteiger partial charge in [-0.2, -0.15) is 0 Å². The minimum Gasteiger partial charge on any atom is -0.0577 e. The third-order valence-corrected chi connectivity index (χ3v) is 14.0. The Hall–Kier alpha value is -2.34. The molecular weight excluding hydrogens is 444 g/mol. The Labute approximate surface area is 224 Å². The standard InChI is InChI=1S/C37H42/c1-17-19(3)23-14-25-31-27(35(9,10)33(25,5)6)16-28-32-26(34(7,8)36(28,11)12)15-24-20(4)18(2)22-13-21(17)29(23)37(31,32)30(22)24/h13-16,29,32H,1-12H3/t29?,32-,37-/m1/s1. The summed E-state index contributed by atoms with van der Waals surface area (Å²) in [5.74, 6) is 0.875. The summed E-state index contributed by atoms with van der Waals surface area (Å²) >= 11 is 0. The maximum atomic E-state index is 2.73. The highest BCUT2D eigenvalue weighted by Crippen LogP contribution is 2.83. The van der Waals surface area contributed by atoms with Crippen molar-refractivity contribution in [2.45, 2.75) is 83.1 Å². The molecule has 37 heavy (non-hydrogen) atoms. The van der Waals surface area contributed by atoms with Crippen LogP contribution in [0.3, 0.4) is 0 Å². The summed E-state index contributed by atoms with van der Waals surface area (Å²) in [5, 5.41) is 0. The molecule has 0 aromatic rings. The van der Waals surface area contributed by atoms with Crippen LogP contribution in [-0.4, -0.2) is 0 Å². The van der Waals surface area contributed by atoms with Crippen LogP contribution < -0.4 is 0 Å². The van der Waals surface area contributed by atoms with E-state index in [1.54, 1.807) is 55.7 Å². The molecule has 1 fully saturated rings. The Morgan fingerprint density at radius 1 is 0.514 bits per heavy atom. The van der Waals surface area contributed by atoms with Crippen molar-refractivity contribution < 1.29 is 0 Å². The maximum Gasteiger partial charge on any atom is 0.0432 e. The first-order chi connectivity index (χ1) is 17.1. The van der Waals surface area contributed by atoms with Gasteiger partial charge in [-0.15, -0.1) is 0 Å². The Morgan fingerprint density at radius 2 is 1.08 bits per heavy atom. The van der Waals surface area contributed by atoms with E-state index in [1.165, 1.54) is 22.3 Å². The van der Waals surface area contributed by atoms with Gasteiger partial charge in [0.2, 0.25) is 0 Å². The van der Waals surface area contributed by atoms with E-state index in [9.17, 15) is 0 Å². The molecule has 1 unspecified atom stereocenters. The van der Waals surface area contributed by atoms with Gasteiger partial charge in [0.05, 0.1) is 0 Å². The Kier molecular flexibility index (Phi) is 3.46. The molecule has 3 atom stereocenters. The molecule has 190 valence electrons. The quantitative estimate of drug-likeness (QED) is 0.320. The van der Waals surface area contributed by atoms with Crippen molar-refractivity contribution in [2.24, 2.45) is 38.9 Å². The van der Waals surface area contributed by atoms with Crippen molar-refractivity contribution in [3.05, 3.63) is 102 Å². The van der Waals surface area contributed by atoms with Crippen LogP contribution in [0, 0.1) is 38.9 Å². The summed E-state index contributed by atoms with van der Waals surface area (Å²) < 4.78 is 0. The summed E-state index contributed by atoms with van der Waals surface area (Å²) in [6, 6.07) is 0. The van der Waals surface area contributed by atoms with E-state index in [2.05, 4.69) is 107 Å². The van der Waals surface area contributed by atoms with E-state index in [-0.39, 0.29) is 27.1 Å². The van der Waals surface area contributed by atoms with Crippen LogP contribution in [0.25, 0.3) is 0 Å². The van der Waals surface area contributed by atoms with Crippen LogP contribution in [-0.2, 0) is 0 Å². The minimum atomic E-state index is -0.0220. The first-order valence-corrected chi connectivity index (χ1v) is 14.5. The van der Waals surface area contributed by atoms with E-state index < -0.39 is 0 Å². The van der Waals surface area contributed by atoms with Crippen molar-refractivity contribution in [2.75, 3.05) is 0 Å². The molecule has 0 aliphatic heterocycles. The summed E-state index contributed by atoms with van der Waals surface area (Å²) in [6.45, 7) is 29.9.